The molecule has 0 atom stereocenters. The Morgan fingerprint density at radius 1 is 0.750 bits per heavy atom. The molecule has 1 aliphatic carbocycles. The Bertz CT molecular complexity index is 961. The monoisotopic (exact) mass is 382 g/mol. The average molecular weight is 382 g/mol. The summed E-state index contributed by atoms with van der Waals surface area (Å²) in [7, 11) is 0. The van der Waals surface area contributed by atoms with E-state index in [1.165, 1.54) is 44.1 Å². The Labute approximate surface area is 164 Å². The lowest BCUT2D eigenvalue weighted by molar-refractivity contribution is 0.308. The molecule has 0 N–H and O–H groups in total. The number of benzene rings is 3. The second-order valence-corrected chi connectivity index (χ2v) is 8.08. The molecule has 0 nitrogen and oxygen atoms in total. The van der Waals surface area contributed by atoms with Gasteiger partial charge in [0.15, 0.2) is 17.5 Å². The Morgan fingerprint density at radius 3 is 2.07 bits per heavy atom. The van der Waals surface area contributed by atoms with E-state index in [0.717, 1.165) is 28.8 Å². The molecule has 0 heterocycles. The summed E-state index contributed by atoms with van der Waals surface area (Å²) in [5.74, 6) is -2.24. The zero-order valence-corrected chi connectivity index (χ0v) is 16.2. The van der Waals surface area contributed by atoms with Gasteiger partial charge in [0.05, 0.1) is 0 Å². The van der Waals surface area contributed by atoms with Crippen LogP contribution >= 0.6 is 0 Å². The summed E-state index contributed by atoms with van der Waals surface area (Å²) in [6, 6.07) is 14.3. The largest absolute Gasteiger partial charge is 0.204 e. The maximum atomic E-state index is 13.6. The van der Waals surface area contributed by atoms with Crippen molar-refractivity contribution >= 4 is 10.8 Å². The molecule has 0 amide bonds. The van der Waals surface area contributed by atoms with Crippen LogP contribution in [0.25, 0.3) is 21.9 Å². The van der Waals surface area contributed by atoms with Crippen LogP contribution in [0.4, 0.5) is 13.2 Å². The first-order chi connectivity index (χ1) is 13.5. The minimum atomic E-state index is -1.43. The maximum Gasteiger partial charge on any atom is 0.194 e. The molecule has 4 rings (SSSR count). The van der Waals surface area contributed by atoms with Crippen LogP contribution in [0, 0.1) is 23.4 Å². The van der Waals surface area contributed by atoms with Gasteiger partial charge in [-0.15, -0.1) is 0 Å². The van der Waals surface area contributed by atoms with Gasteiger partial charge in [0, 0.05) is 0 Å². The van der Waals surface area contributed by atoms with Crippen molar-refractivity contribution in [2.24, 2.45) is 5.92 Å². The third kappa shape index (κ3) is 3.80. The van der Waals surface area contributed by atoms with E-state index in [0.29, 0.717) is 17.0 Å². The summed E-state index contributed by atoms with van der Waals surface area (Å²) in [5, 5.41) is 2.14. The molecule has 0 aliphatic heterocycles. The predicted molar refractivity (Wildman–Crippen MR) is 109 cm³/mol. The van der Waals surface area contributed by atoms with Gasteiger partial charge in [-0.2, -0.15) is 0 Å². The van der Waals surface area contributed by atoms with E-state index in [1.807, 2.05) is 18.2 Å². The Kier molecular flexibility index (Phi) is 5.43. The highest BCUT2D eigenvalue weighted by Crippen LogP contribution is 2.38. The summed E-state index contributed by atoms with van der Waals surface area (Å²) >= 11 is 0. The van der Waals surface area contributed by atoms with Gasteiger partial charge in [-0.3, -0.25) is 0 Å². The van der Waals surface area contributed by atoms with Crippen molar-refractivity contribution in [3.8, 4) is 11.1 Å². The fraction of sp³-hybridized carbons (Fsp3) is 0.360. The topological polar surface area (TPSA) is 0 Å². The molecule has 0 radical (unpaired) electrons. The Morgan fingerprint density at radius 2 is 1.39 bits per heavy atom. The van der Waals surface area contributed by atoms with Crippen LogP contribution < -0.4 is 0 Å². The third-order valence-corrected chi connectivity index (χ3v) is 6.20. The van der Waals surface area contributed by atoms with Crippen LogP contribution in [0.15, 0.2) is 48.5 Å². The fourth-order valence-electron chi connectivity index (χ4n) is 4.61. The molecule has 146 valence electrons. The van der Waals surface area contributed by atoms with Crippen molar-refractivity contribution in [1.29, 1.82) is 0 Å². The first-order valence-corrected chi connectivity index (χ1v) is 10.2. The molecule has 3 aromatic rings. The molecule has 3 heteroatoms. The van der Waals surface area contributed by atoms with Crippen molar-refractivity contribution < 1.29 is 13.2 Å². The number of hydrogen-bond acceptors (Lipinski definition) is 0. The number of hydrogen-bond donors (Lipinski definition) is 0. The van der Waals surface area contributed by atoms with E-state index in [9.17, 15) is 13.2 Å². The predicted octanol–water partition coefficient (Wildman–Crippen LogP) is 8.00. The van der Waals surface area contributed by atoms with E-state index in [4.69, 9.17) is 0 Å². The minimum absolute atomic E-state index is 0.344. The second-order valence-electron chi connectivity index (χ2n) is 8.08. The molecule has 28 heavy (non-hydrogen) atoms. The lowest BCUT2D eigenvalue weighted by atomic mass is 9.77. The molecule has 0 saturated heterocycles. The second kappa shape index (κ2) is 7.98. The summed E-state index contributed by atoms with van der Waals surface area (Å²) in [6.45, 7) is 2.26. The van der Waals surface area contributed by atoms with Gasteiger partial charge >= 0.3 is 0 Å². The molecule has 0 unspecified atom stereocenters. The number of rotatable bonds is 4. The van der Waals surface area contributed by atoms with Gasteiger partial charge in [-0.1, -0.05) is 50.1 Å². The van der Waals surface area contributed by atoms with Gasteiger partial charge in [-0.25, -0.2) is 13.2 Å². The summed E-state index contributed by atoms with van der Waals surface area (Å²) < 4.78 is 40.3. The fourth-order valence-corrected chi connectivity index (χ4v) is 4.61. The minimum Gasteiger partial charge on any atom is -0.204 e. The number of fused-ring (bicyclic) bond motifs is 1. The first-order valence-electron chi connectivity index (χ1n) is 10.2. The van der Waals surface area contributed by atoms with Crippen LogP contribution in [0.5, 0.6) is 0 Å². The molecule has 3 aromatic carbocycles. The first kappa shape index (κ1) is 19.0. The summed E-state index contributed by atoms with van der Waals surface area (Å²) in [5.41, 5.74) is 2.41. The van der Waals surface area contributed by atoms with Gasteiger partial charge in [0.2, 0.25) is 0 Å². The van der Waals surface area contributed by atoms with Gasteiger partial charge in [-0.05, 0) is 83.2 Å². The highest BCUT2D eigenvalue weighted by molar-refractivity contribution is 5.88. The van der Waals surface area contributed by atoms with Crippen LogP contribution in [-0.4, -0.2) is 0 Å². The maximum absolute atomic E-state index is 13.6. The van der Waals surface area contributed by atoms with E-state index < -0.39 is 17.5 Å². The van der Waals surface area contributed by atoms with E-state index in [-0.39, 0.29) is 0 Å². The van der Waals surface area contributed by atoms with Crippen molar-refractivity contribution in [2.75, 3.05) is 0 Å². The van der Waals surface area contributed by atoms with Crippen LogP contribution in [-0.2, 0) is 0 Å². The lowest BCUT2D eigenvalue weighted by Gasteiger charge is -2.28. The summed E-state index contributed by atoms with van der Waals surface area (Å²) in [4.78, 5) is 0. The van der Waals surface area contributed by atoms with E-state index in [1.54, 1.807) is 0 Å². The molecule has 0 spiro atoms. The van der Waals surface area contributed by atoms with Crippen molar-refractivity contribution in [3.63, 3.8) is 0 Å². The van der Waals surface area contributed by atoms with Crippen molar-refractivity contribution in [3.05, 3.63) is 71.5 Å². The molecular formula is C25H25F3. The number of halogens is 3. The Balaban J connectivity index is 1.58. The van der Waals surface area contributed by atoms with Gasteiger partial charge in [0.1, 0.15) is 0 Å². The Hall–Kier alpha value is -2.29. The zero-order valence-electron chi connectivity index (χ0n) is 16.2. The smallest absolute Gasteiger partial charge is 0.194 e. The normalized spacial score (nSPS) is 19.9. The SMILES string of the molecule is CCCC1CCC(c2ccc3cc(-c4cc(F)c(F)c(F)c4)ccc3c2)CC1. The zero-order chi connectivity index (χ0) is 19.7. The van der Waals surface area contributed by atoms with Crippen LogP contribution in [0.2, 0.25) is 0 Å². The van der Waals surface area contributed by atoms with Crippen LogP contribution in [0.3, 0.4) is 0 Å². The standard InChI is InChI=1S/C25H25F3/c1-2-3-16-4-6-17(7-5-16)18-8-9-20-13-21(11-10-19(20)12-18)22-14-23(26)25(28)24(27)15-22/h8-17H,2-7H2,1H3. The highest BCUT2D eigenvalue weighted by atomic mass is 19.2. The third-order valence-electron chi connectivity index (χ3n) is 6.20. The molecule has 1 saturated carbocycles. The molecule has 0 bridgehead atoms. The summed E-state index contributed by atoms with van der Waals surface area (Å²) in [6.07, 6.45) is 7.76. The van der Waals surface area contributed by atoms with E-state index >= 15 is 0 Å². The van der Waals surface area contributed by atoms with E-state index in [2.05, 4.69) is 25.1 Å². The lowest BCUT2D eigenvalue weighted by Crippen LogP contribution is -2.13. The quantitative estimate of drug-likeness (QED) is 0.401. The molecule has 0 aromatic heterocycles. The average Bonchev–Trinajstić information content (AvgIpc) is 2.71. The highest BCUT2D eigenvalue weighted by Gasteiger charge is 2.22. The van der Waals surface area contributed by atoms with Crippen molar-refractivity contribution in [1.82, 2.24) is 0 Å². The molecule has 1 aliphatic rings. The molecular weight excluding hydrogens is 357 g/mol. The van der Waals surface area contributed by atoms with Gasteiger partial charge < -0.3 is 0 Å². The molecule has 1 fully saturated rings. The van der Waals surface area contributed by atoms with Crippen LogP contribution in [0.1, 0.15) is 56.9 Å². The van der Waals surface area contributed by atoms with Crippen molar-refractivity contribution in [2.45, 2.75) is 51.4 Å². The van der Waals surface area contributed by atoms with Gasteiger partial charge in [0.25, 0.3) is 0 Å².